The molecule has 0 atom stereocenters. The summed E-state index contributed by atoms with van der Waals surface area (Å²) in [6, 6.07) is 53.3. The van der Waals surface area contributed by atoms with E-state index in [0.717, 1.165) is 0 Å². The molecule has 0 aliphatic carbocycles. The molecule has 176 valence electrons. The molecule has 0 spiro atoms. The summed E-state index contributed by atoms with van der Waals surface area (Å²) < 4.78 is 0. The third kappa shape index (κ3) is 3.04. The first kappa shape index (κ1) is 21.2. The molecule has 0 saturated carbocycles. The molecule has 8 rings (SSSR count). The Morgan fingerprint density at radius 1 is 0.237 bits per heavy atom. The Kier molecular flexibility index (Phi) is 4.62. The first-order valence-corrected chi connectivity index (χ1v) is 13.2. The molecule has 0 amide bonds. The summed E-state index contributed by atoms with van der Waals surface area (Å²) in [4.78, 5) is 0. The van der Waals surface area contributed by atoms with Gasteiger partial charge >= 0.3 is 0 Å². The highest BCUT2D eigenvalue weighted by molar-refractivity contribution is 6.31. The van der Waals surface area contributed by atoms with Crippen LogP contribution in [0.2, 0.25) is 0 Å². The zero-order chi connectivity index (χ0) is 25.1. The van der Waals surface area contributed by atoms with Crippen LogP contribution in [0.15, 0.2) is 146 Å². The summed E-state index contributed by atoms with van der Waals surface area (Å²) >= 11 is 0. The molecule has 8 aromatic rings. The van der Waals surface area contributed by atoms with Gasteiger partial charge in [0, 0.05) is 0 Å². The highest BCUT2D eigenvalue weighted by Crippen LogP contribution is 2.47. The molecule has 0 aliphatic rings. The average molecular weight is 481 g/mol. The molecule has 0 bridgehead atoms. The second-order valence-corrected chi connectivity index (χ2v) is 10.1. The molecule has 0 unspecified atom stereocenters. The van der Waals surface area contributed by atoms with Crippen molar-refractivity contribution in [2.75, 3.05) is 0 Å². The van der Waals surface area contributed by atoms with E-state index in [9.17, 15) is 0 Å². The van der Waals surface area contributed by atoms with Crippen LogP contribution >= 0.6 is 0 Å². The third-order valence-electron chi connectivity index (χ3n) is 8.05. The second-order valence-electron chi connectivity index (χ2n) is 10.1. The highest BCUT2D eigenvalue weighted by atomic mass is 14.2. The fourth-order valence-electron chi connectivity index (χ4n) is 6.40. The second kappa shape index (κ2) is 8.30. The van der Waals surface area contributed by atoms with Crippen LogP contribution in [0.5, 0.6) is 0 Å². The van der Waals surface area contributed by atoms with Crippen molar-refractivity contribution in [2.45, 2.75) is 0 Å². The first-order valence-electron chi connectivity index (χ1n) is 13.2. The van der Waals surface area contributed by atoms with E-state index in [4.69, 9.17) is 0 Å². The standard InChI is InChI=1S/C38H24/c1-3-15-27-25(11-1)13-9-21-29(27)35-23-24-36-32-19-6-5-17-30(32)31-18-7-8-20-34(31)38(36)37(35)33-22-10-14-26-12-2-4-16-28(26)33/h1-24H. The van der Waals surface area contributed by atoms with Gasteiger partial charge in [-0.05, 0) is 76.1 Å². The lowest BCUT2D eigenvalue weighted by Gasteiger charge is -2.20. The Balaban J connectivity index is 1.66. The summed E-state index contributed by atoms with van der Waals surface area (Å²) in [5, 5.41) is 12.9. The topological polar surface area (TPSA) is 0 Å². The lowest BCUT2D eigenvalue weighted by molar-refractivity contribution is 1.66. The van der Waals surface area contributed by atoms with Crippen LogP contribution in [0, 0.1) is 0 Å². The minimum Gasteiger partial charge on any atom is -0.0616 e. The molecule has 0 heterocycles. The summed E-state index contributed by atoms with van der Waals surface area (Å²) in [6.45, 7) is 0. The molecule has 0 nitrogen and oxygen atoms in total. The van der Waals surface area contributed by atoms with E-state index in [1.54, 1.807) is 0 Å². The lowest BCUT2D eigenvalue weighted by atomic mass is 9.83. The van der Waals surface area contributed by atoms with Gasteiger partial charge in [-0.2, -0.15) is 0 Å². The Morgan fingerprint density at radius 3 is 1.29 bits per heavy atom. The third-order valence-corrected chi connectivity index (χ3v) is 8.05. The van der Waals surface area contributed by atoms with Gasteiger partial charge in [0.05, 0.1) is 0 Å². The van der Waals surface area contributed by atoms with Crippen molar-refractivity contribution in [2.24, 2.45) is 0 Å². The molecule has 0 fully saturated rings. The Hall–Kier alpha value is -4.94. The van der Waals surface area contributed by atoms with Crippen LogP contribution in [0.3, 0.4) is 0 Å². The number of rotatable bonds is 2. The summed E-state index contributed by atoms with van der Waals surface area (Å²) in [7, 11) is 0. The van der Waals surface area contributed by atoms with Crippen molar-refractivity contribution < 1.29 is 0 Å². The average Bonchev–Trinajstić information content (AvgIpc) is 3.00. The predicted octanol–water partition coefficient (Wildman–Crippen LogP) is 10.8. The normalized spacial score (nSPS) is 11.7. The zero-order valence-electron chi connectivity index (χ0n) is 20.9. The van der Waals surface area contributed by atoms with Crippen LogP contribution in [-0.2, 0) is 0 Å². The first-order chi connectivity index (χ1) is 18.9. The summed E-state index contributed by atoms with van der Waals surface area (Å²) in [6.07, 6.45) is 0. The van der Waals surface area contributed by atoms with Gasteiger partial charge in [0.15, 0.2) is 0 Å². The van der Waals surface area contributed by atoms with Crippen molar-refractivity contribution in [3.63, 3.8) is 0 Å². The largest absolute Gasteiger partial charge is 0.0616 e. The van der Waals surface area contributed by atoms with Gasteiger partial charge in [0.1, 0.15) is 0 Å². The number of hydrogen-bond acceptors (Lipinski definition) is 0. The number of benzene rings is 8. The Bertz CT molecular complexity index is 2140. The van der Waals surface area contributed by atoms with Gasteiger partial charge in [0.2, 0.25) is 0 Å². The number of hydrogen-bond donors (Lipinski definition) is 0. The van der Waals surface area contributed by atoms with Crippen molar-refractivity contribution in [3.05, 3.63) is 146 Å². The minimum atomic E-state index is 1.26. The van der Waals surface area contributed by atoms with Crippen molar-refractivity contribution in [1.82, 2.24) is 0 Å². The lowest BCUT2D eigenvalue weighted by Crippen LogP contribution is -1.93. The molecule has 0 N–H and O–H groups in total. The fraction of sp³-hybridized carbons (Fsp3) is 0. The molecule has 0 saturated heterocycles. The van der Waals surface area contributed by atoms with E-state index in [-0.39, 0.29) is 0 Å². The molecular formula is C38H24. The molecule has 0 aromatic heterocycles. The van der Waals surface area contributed by atoms with Crippen molar-refractivity contribution in [1.29, 1.82) is 0 Å². The van der Waals surface area contributed by atoms with E-state index in [1.807, 2.05) is 0 Å². The summed E-state index contributed by atoms with van der Waals surface area (Å²) in [5.74, 6) is 0. The van der Waals surface area contributed by atoms with Gasteiger partial charge in [0.25, 0.3) is 0 Å². The van der Waals surface area contributed by atoms with E-state index in [0.29, 0.717) is 0 Å². The van der Waals surface area contributed by atoms with E-state index < -0.39 is 0 Å². The van der Waals surface area contributed by atoms with E-state index in [2.05, 4.69) is 146 Å². The van der Waals surface area contributed by atoms with Crippen LogP contribution in [0.4, 0.5) is 0 Å². The maximum absolute atomic E-state index is 2.35. The molecule has 0 aliphatic heterocycles. The van der Waals surface area contributed by atoms with Crippen LogP contribution in [0.1, 0.15) is 0 Å². The summed E-state index contributed by atoms with van der Waals surface area (Å²) in [5.41, 5.74) is 5.12. The van der Waals surface area contributed by atoms with E-state index in [1.165, 1.54) is 76.1 Å². The molecular weight excluding hydrogens is 456 g/mol. The molecule has 38 heavy (non-hydrogen) atoms. The quantitative estimate of drug-likeness (QED) is 0.216. The number of fused-ring (bicyclic) bond motifs is 8. The molecule has 0 heteroatoms. The zero-order valence-corrected chi connectivity index (χ0v) is 20.9. The van der Waals surface area contributed by atoms with Crippen LogP contribution in [0.25, 0.3) is 76.1 Å². The van der Waals surface area contributed by atoms with Gasteiger partial charge in [-0.1, -0.05) is 146 Å². The monoisotopic (exact) mass is 480 g/mol. The maximum atomic E-state index is 2.35. The molecule has 0 radical (unpaired) electrons. The van der Waals surface area contributed by atoms with Crippen LogP contribution < -0.4 is 0 Å². The maximum Gasteiger partial charge on any atom is -0.00139 e. The van der Waals surface area contributed by atoms with Crippen molar-refractivity contribution >= 4 is 53.9 Å². The Labute approximate surface area is 221 Å². The van der Waals surface area contributed by atoms with Gasteiger partial charge in [-0.15, -0.1) is 0 Å². The van der Waals surface area contributed by atoms with Gasteiger partial charge in [-0.3, -0.25) is 0 Å². The molecule has 8 aromatic carbocycles. The SMILES string of the molecule is c1ccc2c(-c3ccc4c5ccccc5c5ccccc5c4c3-c3cccc4ccccc34)cccc2c1. The van der Waals surface area contributed by atoms with Gasteiger partial charge < -0.3 is 0 Å². The smallest absolute Gasteiger partial charge is 0.00139 e. The predicted molar refractivity (Wildman–Crippen MR) is 165 cm³/mol. The Morgan fingerprint density at radius 2 is 0.658 bits per heavy atom. The van der Waals surface area contributed by atoms with E-state index >= 15 is 0 Å². The van der Waals surface area contributed by atoms with Crippen molar-refractivity contribution in [3.8, 4) is 22.3 Å². The highest BCUT2D eigenvalue weighted by Gasteiger charge is 2.19. The van der Waals surface area contributed by atoms with Crippen LogP contribution in [-0.4, -0.2) is 0 Å². The fourth-order valence-corrected chi connectivity index (χ4v) is 6.40. The van der Waals surface area contributed by atoms with Gasteiger partial charge in [-0.25, -0.2) is 0 Å². The minimum absolute atomic E-state index is 1.26.